The van der Waals surface area contributed by atoms with Crippen LogP contribution in [0.3, 0.4) is 0 Å². The summed E-state index contributed by atoms with van der Waals surface area (Å²) in [4.78, 5) is 0. The fourth-order valence-corrected chi connectivity index (χ4v) is 2.45. The van der Waals surface area contributed by atoms with E-state index in [-0.39, 0.29) is 5.69 Å². The van der Waals surface area contributed by atoms with Gasteiger partial charge in [0, 0.05) is 18.5 Å². The number of hydrogen-bond donors (Lipinski definition) is 0. The summed E-state index contributed by atoms with van der Waals surface area (Å²) in [6.07, 6.45) is -0.390. The van der Waals surface area contributed by atoms with Gasteiger partial charge in [0.2, 0.25) is 0 Å². The van der Waals surface area contributed by atoms with Crippen LogP contribution >= 0.6 is 0 Å². The van der Waals surface area contributed by atoms with Crippen molar-refractivity contribution in [2.75, 3.05) is 0 Å². The lowest BCUT2D eigenvalue weighted by Gasteiger charge is -2.02. The SMILES string of the molecule is CC.Cn1nc2c(c1C(F)F)CC1CC21. The predicted molar refractivity (Wildman–Crippen MR) is 54.1 cm³/mol. The predicted octanol–water partition coefficient (Wildman–Crippen LogP) is 3.04. The van der Waals surface area contributed by atoms with E-state index in [0.717, 1.165) is 24.1 Å². The van der Waals surface area contributed by atoms with Crippen molar-refractivity contribution in [3.8, 4) is 0 Å². The van der Waals surface area contributed by atoms with E-state index >= 15 is 0 Å². The second kappa shape index (κ2) is 3.58. The van der Waals surface area contributed by atoms with Gasteiger partial charge in [0.1, 0.15) is 5.69 Å². The number of halogens is 2. The standard InChI is InChI=1S/C9H10F2N2.C2H6/c1-13-8(9(10)11)6-3-4-2-5(4)7(6)12-13;1-2/h4-5,9H,2-3H2,1H3;1-2H3. The monoisotopic (exact) mass is 214 g/mol. The molecule has 1 fully saturated rings. The minimum absolute atomic E-state index is 0.141. The van der Waals surface area contributed by atoms with Gasteiger partial charge in [-0.25, -0.2) is 8.78 Å². The van der Waals surface area contributed by atoms with Crippen LogP contribution in [-0.4, -0.2) is 9.78 Å². The highest BCUT2D eigenvalue weighted by atomic mass is 19.3. The van der Waals surface area contributed by atoms with Crippen molar-refractivity contribution in [2.45, 2.75) is 39.0 Å². The van der Waals surface area contributed by atoms with E-state index in [0.29, 0.717) is 11.8 Å². The maximum absolute atomic E-state index is 12.6. The zero-order valence-electron chi connectivity index (χ0n) is 9.30. The largest absolute Gasteiger partial charge is 0.280 e. The molecule has 1 aromatic heterocycles. The molecule has 0 aromatic carbocycles. The first-order valence-electron chi connectivity index (χ1n) is 5.52. The zero-order valence-corrected chi connectivity index (χ0v) is 9.30. The molecule has 1 heterocycles. The van der Waals surface area contributed by atoms with Crippen molar-refractivity contribution in [1.82, 2.24) is 9.78 Å². The third kappa shape index (κ3) is 1.46. The molecule has 1 saturated carbocycles. The maximum atomic E-state index is 12.6. The molecule has 4 heteroatoms. The van der Waals surface area contributed by atoms with Gasteiger partial charge in [0.25, 0.3) is 6.43 Å². The summed E-state index contributed by atoms with van der Waals surface area (Å²) >= 11 is 0. The molecule has 2 atom stereocenters. The third-order valence-corrected chi connectivity index (χ3v) is 3.17. The van der Waals surface area contributed by atoms with E-state index in [2.05, 4.69) is 5.10 Å². The molecule has 84 valence electrons. The molecule has 0 aliphatic heterocycles. The Morgan fingerprint density at radius 1 is 1.40 bits per heavy atom. The first-order chi connectivity index (χ1) is 7.18. The zero-order chi connectivity index (χ0) is 11.2. The van der Waals surface area contributed by atoms with Gasteiger partial charge in [-0.05, 0) is 18.8 Å². The van der Waals surface area contributed by atoms with E-state index in [4.69, 9.17) is 0 Å². The molecule has 0 saturated heterocycles. The average Bonchev–Trinajstić information content (AvgIpc) is 2.76. The maximum Gasteiger partial charge on any atom is 0.280 e. The van der Waals surface area contributed by atoms with Crippen molar-refractivity contribution < 1.29 is 8.78 Å². The van der Waals surface area contributed by atoms with E-state index in [9.17, 15) is 8.78 Å². The average molecular weight is 214 g/mol. The van der Waals surface area contributed by atoms with Crippen molar-refractivity contribution >= 4 is 0 Å². The molecule has 0 spiro atoms. The molecule has 2 aliphatic rings. The highest BCUT2D eigenvalue weighted by molar-refractivity contribution is 5.40. The molecular weight excluding hydrogens is 198 g/mol. The smallest absolute Gasteiger partial charge is 0.266 e. The highest BCUT2D eigenvalue weighted by Gasteiger charge is 2.49. The van der Waals surface area contributed by atoms with E-state index in [1.54, 1.807) is 7.05 Å². The molecular formula is C11H16F2N2. The first-order valence-corrected chi connectivity index (χ1v) is 5.52. The summed E-state index contributed by atoms with van der Waals surface area (Å²) in [6, 6.07) is 0. The number of alkyl halides is 2. The number of aryl methyl sites for hydroxylation is 1. The van der Waals surface area contributed by atoms with Gasteiger partial charge in [-0.15, -0.1) is 0 Å². The van der Waals surface area contributed by atoms with Crippen molar-refractivity contribution in [3.63, 3.8) is 0 Å². The number of nitrogens with zero attached hydrogens (tertiary/aromatic N) is 2. The fourth-order valence-electron chi connectivity index (χ4n) is 2.45. The van der Waals surface area contributed by atoms with E-state index in [1.807, 2.05) is 13.8 Å². The Hall–Kier alpha value is -0.930. The minimum atomic E-state index is -2.38. The lowest BCUT2D eigenvalue weighted by Crippen LogP contribution is -2.01. The number of aromatic nitrogens is 2. The molecule has 2 unspecified atom stereocenters. The van der Waals surface area contributed by atoms with E-state index < -0.39 is 6.43 Å². The molecule has 2 nitrogen and oxygen atoms in total. The van der Waals surface area contributed by atoms with Crippen LogP contribution in [0.4, 0.5) is 8.78 Å². The topological polar surface area (TPSA) is 17.8 Å². The fraction of sp³-hybridized carbons (Fsp3) is 0.727. The lowest BCUT2D eigenvalue weighted by molar-refractivity contribution is 0.139. The minimum Gasteiger partial charge on any atom is -0.266 e. The Morgan fingerprint density at radius 2 is 2.07 bits per heavy atom. The Bertz CT molecular complexity index is 371. The van der Waals surface area contributed by atoms with Crippen LogP contribution in [0.15, 0.2) is 0 Å². The quantitative estimate of drug-likeness (QED) is 0.702. The highest BCUT2D eigenvalue weighted by Crippen LogP contribution is 2.56. The van der Waals surface area contributed by atoms with Crippen LogP contribution in [-0.2, 0) is 13.5 Å². The molecule has 0 N–H and O–H groups in total. The molecule has 0 bridgehead atoms. The van der Waals surface area contributed by atoms with Crippen LogP contribution < -0.4 is 0 Å². The molecule has 2 aliphatic carbocycles. The first kappa shape index (κ1) is 10.6. The Morgan fingerprint density at radius 3 is 2.67 bits per heavy atom. The van der Waals surface area contributed by atoms with Gasteiger partial charge >= 0.3 is 0 Å². The van der Waals surface area contributed by atoms with Gasteiger partial charge in [-0.1, -0.05) is 13.8 Å². The summed E-state index contributed by atoms with van der Waals surface area (Å²) in [5.41, 5.74) is 1.92. The molecule has 0 radical (unpaired) electrons. The van der Waals surface area contributed by atoms with Crippen LogP contribution in [0.2, 0.25) is 0 Å². The lowest BCUT2D eigenvalue weighted by atomic mass is 10.1. The molecule has 3 rings (SSSR count). The second-order valence-electron chi connectivity index (χ2n) is 3.98. The van der Waals surface area contributed by atoms with Gasteiger partial charge in [0.15, 0.2) is 0 Å². The Balaban J connectivity index is 0.000000404. The van der Waals surface area contributed by atoms with Crippen LogP contribution in [0, 0.1) is 5.92 Å². The third-order valence-electron chi connectivity index (χ3n) is 3.17. The Labute approximate surface area is 88.3 Å². The summed E-state index contributed by atoms with van der Waals surface area (Å²) in [5.74, 6) is 1.14. The number of fused-ring (bicyclic) bond motifs is 3. The molecule has 1 aromatic rings. The summed E-state index contributed by atoms with van der Waals surface area (Å²) in [5, 5.41) is 4.17. The normalized spacial score (nSPS) is 25.7. The van der Waals surface area contributed by atoms with Gasteiger partial charge < -0.3 is 0 Å². The number of rotatable bonds is 1. The van der Waals surface area contributed by atoms with Crippen LogP contribution in [0.25, 0.3) is 0 Å². The van der Waals surface area contributed by atoms with Gasteiger partial charge in [-0.3, -0.25) is 4.68 Å². The molecule has 0 amide bonds. The van der Waals surface area contributed by atoms with Crippen molar-refractivity contribution in [2.24, 2.45) is 13.0 Å². The van der Waals surface area contributed by atoms with Gasteiger partial charge in [-0.2, -0.15) is 5.10 Å². The summed E-state index contributed by atoms with van der Waals surface area (Å²) < 4.78 is 26.5. The number of hydrogen-bond acceptors (Lipinski definition) is 1. The second-order valence-corrected chi connectivity index (χ2v) is 3.98. The van der Waals surface area contributed by atoms with Crippen molar-refractivity contribution in [1.29, 1.82) is 0 Å². The van der Waals surface area contributed by atoms with E-state index in [1.165, 1.54) is 4.68 Å². The van der Waals surface area contributed by atoms with Crippen molar-refractivity contribution in [3.05, 3.63) is 17.0 Å². The summed E-state index contributed by atoms with van der Waals surface area (Å²) in [7, 11) is 1.61. The molecule has 15 heavy (non-hydrogen) atoms. The summed E-state index contributed by atoms with van der Waals surface area (Å²) in [6.45, 7) is 4.00. The van der Waals surface area contributed by atoms with Gasteiger partial charge in [0.05, 0.1) is 5.69 Å². The van der Waals surface area contributed by atoms with Crippen LogP contribution in [0.1, 0.15) is 49.6 Å². The van der Waals surface area contributed by atoms with Crippen LogP contribution in [0.5, 0.6) is 0 Å². The Kier molecular flexibility index (Phi) is 2.52.